The van der Waals surface area contributed by atoms with Crippen molar-refractivity contribution < 1.29 is 9.90 Å². The molecule has 1 aromatic carbocycles. The van der Waals surface area contributed by atoms with Gasteiger partial charge in [0.1, 0.15) is 0 Å². The Bertz CT molecular complexity index is 297. The van der Waals surface area contributed by atoms with Gasteiger partial charge in [-0.2, -0.15) is 0 Å². The van der Waals surface area contributed by atoms with Crippen LogP contribution in [0.5, 0.6) is 0 Å². The molecule has 1 amide bonds. The largest absolute Gasteiger partial charge is 0.465 e. The molecule has 1 rings (SSSR count). The molecule has 0 fully saturated rings. The van der Waals surface area contributed by atoms with Gasteiger partial charge >= 0.3 is 6.09 Å². The van der Waals surface area contributed by atoms with Crippen LogP contribution in [0.1, 0.15) is 18.9 Å². The quantitative estimate of drug-likeness (QED) is 0.749. The lowest BCUT2D eigenvalue weighted by molar-refractivity contribution is 0.210. The lowest BCUT2D eigenvalue weighted by Gasteiger charge is -2.03. The van der Waals surface area contributed by atoms with Crippen LogP contribution in [0.3, 0.4) is 0 Å². The van der Waals surface area contributed by atoms with Crippen LogP contribution in [0, 0.1) is 0 Å². The number of aryl methyl sites for hydroxylation is 1. The van der Waals surface area contributed by atoms with Crippen LogP contribution < -0.4 is 5.32 Å². The normalized spacial score (nSPS) is 9.62. The summed E-state index contributed by atoms with van der Waals surface area (Å²) in [5.74, 6) is 0. The van der Waals surface area contributed by atoms with Gasteiger partial charge in [-0.3, -0.25) is 5.32 Å². The Morgan fingerprint density at radius 3 is 2.92 bits per heavy atom. The summed E-state index contributed by atoms with van der Waals surface area (Å²) in [5.41, 5.74) is 1.80. The minimum Gasteiger partial charge on any atom is -0.465 e. The monoisotopic (exact) mass is 179 g/mol. The van der Waals surface area contributed by atoms with E-state index in [4.69, 9.17) is 5.11 Å². The van der Waals surface area contributed by atoms with Crippen LogP contribution in [0.15, 0.2) is 24.3 Å². The van der Waals surface area contributed by atoms with Crippen molar-refractivity contribution in [2.75, 3.05) is 5.32 Å². The van der Waals surface area contributed by atoms with E-state index >= 15 is 0 Å². The lowest BCUT2D eigenvalue weighted by atomic mass is 10.1. The zero-order valence-electron chi connectivity index (χ0n) is 7.58. The molecule has 0 radical (unpaired) electrons. The van der Waals surface area contributed by atoms with E-state index in [1.54, 1.807) is 6.07 Å². The summed E-state index contributed by atoms with van der Waals surface area (Å²) in [5, 5.41) is 10.8. The van der Waals surface area contributed by atoms with Gasteiger partial charge in [-0.1, -0.05) is 25.5 Å². The zero-order chi connectivity index (χ0) is 9.68. The van der Waals surface area contributed by atoms with Gasteiger partial charge in [0.05, 0.1) is 0 Å². The molecule has 0 aliphatic rings. The summed E-state index contributed by atoms with van der Waals surface area (Å²) in [4.78, 5) is 10.3. The predicted molar refractivity (Wildman–Crippen MR) is 52.1 cm³/mol. The Hall–Kier alpha value is -1.51. The van der Waals surface area contributed by atoms with Gasteiger partial charge in [0, 0.05) is 5.69 Å². The summed E-state index contributed by atoms with van der Waals surface area (Å²) in [7, 11) is 0. The minimum atomic E-state index is -1.02. The van der Waals surface area contributed by atoms with E-state index in [9.17, 15) is 4.79 Å². The number of benzene rings is 1. The standard InChI is InChI=1S/C10H13NO2/c1-2-4-8-5-3-6-9(7-8)11-10(12)13/h3,5-7,11H,2,4H2,1H3,(H,12,13). The van der Waals surface area contributed by atoms with Gasteiger partial charge in [0.2, 0.25) is 0 Å². The van der Waals surface area contributed by atoms with Crippen molar-refractivity contribution in [2.24, 2.45) is 0 Å². The third-order valence-electron chi connectivity index (χ3n) is 1.72. The van der Waals surface area contributed by atoms with Crippen molar-refractivity contribution in [3.05, 3.63) is 29.8 Å². The highest BCUT2D eigenvalue weighted by atomic mass is 16.4. The number of carbonyl (C=O) groups is 1. The fourth-order valence-corrected chi connectivity index (χ4v) is 1.22. The summed E-state index contributed by atoms with van der Waals surface area (Å²) in [6.45, 7) is 2.09. The highest BCUT2D eigenvalue weighted by Gasteiger charge is 1.98. The number of nitrogens with one attached hydrogen (secondary N) is 1. The first-order valence-electron chi connectivity index (χ1n) is 4.31. The molecular formula is C10H13NO2. The molecule has 0 bridgehead atoms. The fourth-order valence-electron chi connectivity index (χ4n) is 1.22. The second-order valence-electron chi connectivity index (χ2n) is 2.88. The maximum atomic E-state index is 10.3. The van der Waals surface area contributed by atoms with Crippen molar-refractivity contribution in [1.82, 2.24) is 0 Å². The van der Waals surface area contributed by atoms with E-state index in [0.29, 0.717) is 5.69 Å². The summed E-state index contributed by atoms with van der Waals surface area (Å²) < 4.78 is 0. The lowest BCUT2D eigenvalue weighted by Crippen LogP contribution is -2.07. The minimum absolute atomic E-state index is 0.637. The van der Waals surface area contributed by atoms with Crippen LogP contribution >= 0.6 is 0 Å². The molecule has 0 unspecified atom stereocenters. The average molecular weight is 179 g/mol. The molecule has 3 nitrogen and oxygen atoms in total. The third kappa shape index (κ3) is 3.15. The highest BCUT2D eigenvalue weighted by molar-refractivity contribution is 5.82. The molecule has 0 aliphatic heterocycles. The molecule has 0 aromatic heterocycles. The van der Waals surface area contributed by atoms with Crippen molar-refractivity contribution in [1.29, 1.82) is 0 Å². The molecule has 70 valence electrons. The van der Waals surface area contributed by atoms with Crippen LogP contribution in [-0.2, 0) is 6.42 Å². The van der Waals surface area contributed by atoms with E-state index < -0.39 is 6.09 Å². The van der Waals surface area contributed by atoms with Gasteiger partial charge in [0.25, 0.3) is 0 Å². The molecule has 0 aliphatic carbocycles. The molecule has 2 N–H and O–H groups in total. The van der Waals surface area contributed by atoms with Gasteiger partial charge in [-0.15, -0.1) is 0 Å². The first kappa shape index (κ1) is 9.58. The smallest absolute Gasteiger partial charge is 0.409 e. The van der Waals surface area contributed by atoms with E-state index in [2.05, 4.69) is 12.2 Å². The SMILES string of the molecule is CCCc1cccc(NC(=O)O)c1. The Kier molecular flexibility index (Phi) is 3.31. The maximum Gasteiger partial charge on any atom is 0.409 e. The highest BCUT2D eigenvalue weighted by Crippen LogP contribution is 2.11. The molecule has 0 atom stereocenters. The van der Waals surface area contributed by atoms with Crippen molar-refractivity contribution >= 4 is 11.8 Å². The number of hydrogen-bond acceptors (Lipinski definition) is 1. The van der Waals surface area contributed by atoms with Gasteiger partial charge in [0.15, 0.2) is 0 Å². The fraction of sp³-hybridized carbons (Fsp3) is 0.300. The number of carboxylic acid groups (broad SMARTS) is 1. The maximum absolute atomic E-state index is 10.3. The van der Waals surface area contributed by atoms with Gasteiger partial charge in [-0.25, -0.2) is 4.79 Å². The Morgan fingerprint density at radius 1 is 1.54 bits per heavy atom. The second kappa shape index (κ2) is 4.50. The Balaban J connectivity index is 2.73. The Labute approximate surface area is 77.4 Å². The van der Waals surface area contributed by atoms with Crippen molar-refractivity contribution in [2.45, 2.75) is 19.8 Å². The molecule has 13 heavy (non-hydrogen) atoms. The first-order chi connectivity index (χ1) is 6.22. The molecule has 3 heteroatoms. The molecular weight excluding hydrogens is 166 g/mol. The number of anilines is 1. The third-order valence-corrected chi connectivity index (χ3v) is 1.72. The first-order valence-corrected chi connectivity index (χ1v) is 4.31. The number of hydrogen-bond donors (Lipinski definition) is 2. The predicted octanol–water partition coefficient (Wildman–Crippen LogP) is 2.73. The topological polar surface area (TPSA) is 49.3 Å². The average Bonchev–Trinajstić information content (AvgIpc) is 2.04. The molecule has 0 saturated heterocycles. The summed E-state index contributed by atoms with van der Waals surface area (Å²) in [6, 6.07) is 7.46. The summed E-state index contributed by atoms with van der Waals surface area (Å²) >= 11 is 0. The van der Waals surface area contributed by atoms with Crippen molar-refractivity contribution in [3.8, 4) is 0 Å². The van der Waals surface area contributed by atoms with E-state index in [1.165, 1.54) is 0 Å². The molecule has 1 aromatic rings. The zero-order valence-corrected chi connectivity index (χ0v) is 7.58. The Morgan fingerprint density at radius 2 is 2.31 bits per heavy atom. The van der Waals surface area contributed by atoms with Gasteiger partial charge in [-0.05, 0) is 24.1 Å². The molecule has 0 spiro atoms. The van der Waals surface area contributed by atoms with Crippen LogP contribution in [0.2, 0.25) is 0 Å². The van der Waals surface area contributed by atoms with Gasteiger partial charge < -0.3 is 5.11 Å². The van der Waals surface area contributed by atoms with Crippen LogP contribution in [0.4, 0.5) is 10.5 Å². The number of amides is 1. The van der Waals surface area contributed by atoms with E-state index in [-0.39, 0.29) is 0 Å². The number of rotatable bonds is 3. The van der Waals surface area contributed by atoms with Crippen LogP contribution in [0.25, 0.3) is 0 Å². The molecule has 0 saturated carbocycles. The van der Waals surface area contributed by atoms with E-state index in [0.717, 1.165) is 18.4 Å². The second-order valence-corrected chi connectivity index (χ2v) is 2.88. The molecule has 0 heterocycles. The van der Waals surface area contributed by atoms with Crippen molar-refractivity contribution in [3.63, 3.8) is 0 Å². The van der Waals surface area contributed by atoms with Crippen LogP contribution in [-0.4, -0.2) is 11.2 Å². The summed E-state index contributed by atoms with van der Waals surface area (Å²) in [6.07, 6.45) is 1.03. The van der Waals surface area contributed by atoms with E-state index in [1.807, 2.05) is 18.2 Å².